The maximum absolute atomic E-state index is 13.1. The predicted molar refractivity (Wildman–Crippen MR) is 83.2 cm³/mol. The van der Waals surface area contributed by atoms with Gasteiger partial charge in [0.2, 0.25) is 5.91 Å². The fraction of sp³-hybridized carbons (Fsp3) is 0.467. The van der Waals surface area contributed by atoms with Gasteiger partial charge < -0.3 is 9.73 Å². The lowest BCUT2D eigenvalue weighted by molar-refractivity contribution is -0.118. The Morgan fingerprint density at radius 1 is 1.39 bits per heavy atom. The van der Waals surface area contributed by atoms with E-state index >= 15 is 0 Å². The number of carbonyl (C=O) groups is 1. The van der Waals surface area contributed by atoms with Crippen LogP contribution in [0.25, 0.3) is 11.1 Å². The van der Waals surface area contributed by atoms with Crippen LogP contribution in [-0.2, 0) is 4.79 Å². The summed E-state index contributed by atoms with van der Waals surface area (Å²) >= 11 is 0. The molecule has 1 aromatic carbocycles. The number of nitrogens with one attached hydrogen (secondary N) is 2. The lowest BCUT2D eigenvalue weighted by atomic mass is 10.2. The van der Waals surface area contributed by atoms with E-state index in [4.69, 9.17) is 4.42 Å². The van der Waals surface area contributed by atoms with Crippen molar-refractivity contribution in [2.75, 3.05) is 11.9 Å². The van der Waals surface area contributed by atoms with Crippen molar-refractivity contribution in [2.45, 2.75) is 37.1 Å². The largest absolute Gasteiger partial charge is 0.440 e. The first-order chi connectivity index (χ1) is 10.5. The van der Waals surface area contributed by atoms with Crippen molar-refractivity contribution in [3.63, 3.8) is 0 Å². The maximum atomic E-state index is 13.1. The van der Waals surface area contributed by atoms with Crippen LogP contribution in [0, 0.1) is 0 Å². The average molecular weight is 344 g/mol. The first-order valence-electron chi connectivity index (χ1n) is 7.33. The first kappa shape index (κ1) is 16.1. The van der Waals surface area contributed by atoms with Gasteiger partial charge in [-0.1, -0.05) is 0 Å². The van der Waals surface area contributed by atoms with Gasteiger partial charge in [0, 0.05) is 18.0 Å². The van der Waals surface area contributed by atoms with Crippen LogP contribution >= 0.6 is 12.4 Å². The van der Waals surface area contributed by atoms with Gasteiger partial charge in [-0.25, -0.2) is 13.8 Å². The monoisotopic (exact) mass is 343 g/mol. The Hall–Kier alpha value is -1.73. The van der Waals surface area contributed by atoms with E-state index in [1.165, 1.54) is 0 Å². The molecule has 2 fully saturated rings. The number of halogens is 3. The summed E-state index contributed by atoms with van der Waals surface area (Å²) < 4.78 is 31.9. The summed E-state index contributed by atoms with van der Waals surface area (Å²) in [6.07, 6.45) is 1.72. The molecule has 124 valence electrons. The highest BCUT2D eigenvalue weighted by molar-refractivity contribution is 5.96. The molecule has 0 spiro atoms. The summed E-state index contributed by atoms with van der Waals surface area (Å²) in [6, 6.07) is 4.26. The Bertz CT molecular complexity index is 745. The first-order valence-corrected chi connectivity index (χ1v) is 7.33. The van der Waals surface area contributed by atoms with E-state index in [2.05, 4.69) is 15.6 Å². The molecule has 4 rings (SSSR count). The van der Waals surface area contributed by atoms with Crippen LogP contribution in [0.1, 0.15) is 31.1 Å². The summed E-state index contributed by atoms with van der Waals surface area (Å²) in [6.45, 7) is -0.460. The zero-order chi connectivity index (χ0) is 15.3. The highest BCUT2D eigenvalue weighted by Gasteiger charge is 2.42. The molecule has 1 aromatic heterocycles. The van der Waals surface area contributed by atoms with Gasteiger partial charge in [-0.3, -0.25) is 10.1 Å². The molecule has 1 saturated carbocycles. The normalized spacial score (nSPS) is 22.8. The minimum atomic E-state index is -2.82. The van der Waals surface area contributed by atoms with Crippen LogP contribution in [0.5, 0.6) is 0 Å². The third-order valence-corrected chi connectivity index (χ3v) is 4.02. The number of hydrogen-bond donors (Lipinski definition) is 2. The molecule has 0 radical (unpaired) electrons. The summed E-state index contributed by atoms with van der Waals surface area (Å²) in [7, 11) is 0. The fourth-order valence-corrected chi connectivity index (χ4v) is 2.66. The number of rotatable bonds is 3. The quantitative estimate of drug-likeness (QED) is 0.898. The van der Waals surface area contributed by atoms with Crippen LogP contribution in [0.3, 0.4) is 0 Å². The molecule has 1 amide bonds. The van der Waals surface area contributed by atoms with Gasteiger partial charge >= 0.3 is 0 Å². The molecule has 1 aliphatic heterocycles. The zero-order valence-corrected chi connectivity index (χ0v) is 13.0. The van der Waals surface area contributed by atoms with E-state index < -0.39 is 30.8 Å². The average Bonchev–Trinajstić information content (AvgIpc) is 3.13. The van der Waals surface area contributed by atoms with Crippen molar-refractivity contribution < 1.29 is 18.0 Å². The van der Waals surface area contributed by atoms with E-state index in [-0.39, 0.29) is 12.4 Å². The van der Waals surface area contributed by atoms with Gasteiger partial charge in [-0.05, 0) is 31.0 Å². The number of benzene rings is 1. The highest BCUT2D eigenvalue weighted by atomic mass is 35.5. The molecule has 5 nitrogen and oxygen atoms in total. The molecule has 2 heterocycles. The smallest absolute Gasteiger partial charge is 0.262 e. The number of amides is 1. The van der Waals surface area contributed by atoms with Crippen molar-refractivity contribution in [1.29, 1.82) is 0 Å². The van der Waals surface area contributed by atoms with Gasteiger partial charge in [0.15, 0.2) is 11.5 Å². The zero-order valence-electron chi connectivity index (χ0n) is 12.1. The molecular weight excluding hydrogens is 328 g/mol. The van der Waals surface area contributed by atoms with Crippen LogP contribution < -0.4 is 10.6 Å². The lowest BCUT2D eigenvalue weighted by Gasteiger charge is -2.11. The molecule has 1 atom stereocenters. The molecule has 2 aliphatic rings. The number of carbonyl (C=O) groups excluding carboxylic acids is 1. The molecular formula is C15H16ClF2N3O2. The second-order valence-corrected chi connectivity index (χ2v) is 5.99. The summed E-state index contributed by atoms with van der Waals surface area (Å²) in [4.78, 5) is 16.4. The molecule has 2 aromatic rings. The number of oxazole rings is 1. The molecule has 0 bridgehead atoms. The van der Waals surface area contributed by atoms with Crippen molar-refractivity contribution in [2.24, 2.45) is 0 Å². The Balaban J connectivity index is 0.00000156. The number of aromatic nitrogens is 1. The summed E-state index contributed by atoms with van der Waals surface area (Å²) in [5.74, 6) is -2.13. The number of nitrogens with zero attached hydrogens (tertiary/aromatic N) is 1. The van der Waals surface area contributed by atoms with E-state index in [0.717, 1.165) is 18.7 Å². The van der Waals surface area contributed by atoms with Crippen LogP contribution in [0.2, 0.25) is 0 Å². The second kappa shape index (κ2) is 5.72. The van der Waals surface area contributed by atoms with Gasteiger partial charge in [-0.15, -0.1) is 12.4 Å². The minimum absolute atomic E-state index is 0. The van der Waals surface area contributed by atoms with Crippen LogP contribution in [-0.4, -0.2) is 29.4 Å². The molecule has 2 N–H and O–H groups in total. The Morgan fingerprint density at radius 3 is 2.83 bits per heavy atom. The Morgan fingerprint density at radius 2 is 2.17 bits per heavy atom. The van der Waals surface area contributed by atoms with E-state index in [1.54, 1.807) is 18.2 Å². The third kappa shape index (κ3) is 3.30. The molecule has 23 heavy (non-hydrogen) atoms. The van der Waals surface area contributed by atoms with Gasteiger partial charge in [0.05, 0.1) is 12.6 Å². The third-order valence-electron chi connectivity index (χ3n) is 4.02. The fourth-order valence-electron chi connectivity index (χ4n) is 2.66. The Kier molecular flexibility index (Phi) is 4.01. The van der Waals surface area contributed by atoms with Gasteiger partial charge in [0.1, 0.15) is 5.52 Å². The number of anilines is 1. The van der Waals surface area contributed by atoms with Crippen molar-refractivity contribution >= 4 is 35.1 Å². The minimum Gasteiger partial charge on any atom is -0.440 e. The predicted octanol–water partition coefficient (Wildman–Crippen LogP) is 3.06. The van der Waals surface area contributed by atoms with Crippen molar-refractivity contribution in [3.05, 3.63) is 24.1 Å². The second-order valence-electron chi connectivity index (χ2n) is 5.99. The topological polar surface area (TPSA) is 67.2 Å². The number of hydrogen-bond acceptors (Lipinski definition) is 4. The van der Waals surface area contributed by atoms with Crippen molar-refractivity contribution in [1.82, 2.24) is 10.3 Å². The van der Waals surface area contributed by atoms with E-state index in [1.807, 2.05) is 0 Å². The van der Waals surface area contributed by atoms with Gasteiger partial charge in [0.25, 0.3) is 5.92 Å². The van der Waals surface area contributed by atoms with E-state index in [9.17, 15) is 13.6 Å². The summed E-state index contributed by atoms with van der Waals surface area (Å²) in [5.41, 5.74) is 1.87. The highest BCUT2D eigenvalue weighted by Crippen LogP contribution is 2.40. The Labute approximate surface area is 137 Å². The maximum Gasteiger partial charge on any atom is 0.262 e. The molecule has 1 aliphatic carbocycles. The lowest BCUT2D eigenvalue weighted by Crippen LogP contribution is -2.35. The number of alkyl halides is 2. The van der Waals surface area contributed by atoms with Gasteiger partial charge in [-0.2, -0.15) is 0 Å². The molecule has 1 unspecified atom stereocenters. The van der Waals surface area contributed by atoms with Crippen molar-refractivity contribution in [3.8, 4) is 0 Å². The summed E-state index contributed by atoms with van der Waals surface area (Å²) in [5, 5.41) is 5.19. The SMILES string of the molecule is Cl.O=C(Nc1ccc2oc(C3CC3)nc2c1)C1CC(F)(F)CN1. The van der Waals surface area contributed by atoms with Crippen LogP contribution in [0.4, 0.5) is 14.5 Å². The molecule has 1 saturated heterocycles. The molecule has 8 heteroatoms. The number of fused-ring (bicyclic) bond motifs is 1. The van der Waals surface area contributed by atoms with Crippen LogP contribution in [0.15, 0.2) is 22.6 Å². The standard InChI is InChI=1S/C15H15F2N3O2.ClH/c16-15(17)6-11(18-7-15)13(21)19-9-3-4-12-10(5-9)20-14(22-12)8-1-2-8;/h3-5,8,11,18H,1-2,6-7H2,(H,19,21);1H. The van der Waals surface area contributed by atoms with E-state index in [0.29, 0.717) is 22.7 Å².